The van der Waals surface area contributed by atoms with E-state index in [1.807, 2.05) is 18.5 Å². The third kappa shape index (κ3) is 2.64. The van der Waals surface area contributed by atoms with Crippen molar-refractivity contribution in [2.24, 2.45) is 0 Å². The lowest BCUT2D eigenvalue weighted by molar-refractivity contribution is 0.254. The van der Waals surface area contributed by atoms with E-state index in [0.717, 1.165) is 27.7 Å². The highest BCUT2D eigenvalue weighted by Gasteiger charge is 2.18. The summed E-state index contributed by atoms with van der Waals surface area (Å²) in [5.74, 6) is 0. The Balaban J connectivity index is 1.66. The normalized spacial score (nSPS) is 15.0. The molecule has 2 heterocycles. The molecule has 4 rings (SSSR count). The molecule has 0 saturated heterocycles. The molecule has 3 N–H and O–H groups in total. The van der Waals surface area contributed by atoms with Gasteiger partial charge in [0.2, 0.25) is 0 Å². The number of aromatic amines is 1. The second-order valence-corrected chi connectivity index (χ2v) is 6.31. The molecule has 0 bridgehead atoms. The number of fused-ring (bicyclic) bond motifs is 1. The quantitative estimate of drug-likeness (QED) is 0.684. The number of rotatable bonds is 3. The molecule has 1 fully saturated rings. The van der Waals surface area contributed by atoms with Crippen LogP contribution in [0.1, 0.15) is 31.7 Å². The molecule has 2 aromatic heterocycles. The second-order valence-electron chi connectivity index (χ2n) is 6.31. The van der Waals surface area contributed by atoms with Crippen molar-refractivity contribution in [1.82, 2.24) is 20.1 Å². The van der Waals surface area contributed by atoms with E-state index in [2.05, 4.69) is 43.7 Å². The maximum atomic E-state index is 11.6. The summed E-state index contributed by atoms with van der Waals surface area (Å²) >= 11 is 0. The number of benzene rings is 1. The predicted octanol–water partition coefficient (Wildman–Crippen LogP) is 3.90. The van der Waals surface area contributed by atoms with Gasteiger partial charge in [-0.05, 0) is 30.5 Å². The second kappa shape index (κ2) is 6.03. The molecule has 0 aliphatic heterocycles. The smallest absolute Gasteiger partial charge is 0.319 e. The topological polar surface area (TPSA) is 74.7 Å². The van der Waals surface area contributed by atoms with Gasteiger partial charge in [-0.2, -0.15) is 5.10 Å². The lowest BCUT2D eigenvalue weighted by Gasteiger charge is -2.08. The number of carbonyl (C=O) groups excluding carboxylic acids is 1. The summed E-state index contributed by atoms with van der Waals surface area (Å²) in [7, 11) is 1.60. The van der Waals surface area contributed by atoms with Crippen molar-refractivity contribution in [3.63, 3.8) is 0 Å². The summed E-state index contributed by atoms with van der Waals surface area (Å²) in [5.41, 5.74) is 3.98. The highest BCUT2D eigenvalue weighted by Crippen LogP contribution is 2.32. The van der Waals surface area contributed by atoms with Crippen LogP contribution in [0.15, 0.2) is 36.8 Å². The molecule has 1 aromatic carbocycles. The molecule has 1 aliphatic rings. The van der Waals surface area contributed by atoms with E-state index in [4.69, 9.17) is 0 Å². The average molecular weight is 323 g/mol. The number of amides is 2. The van der Waals surface area contributed by atoms with Crippen LogP contribution in [-0.4, -0.2) is 27.8 Å². The number of anilines is 1. The van der Waals surface area contributed by atoms with E-state index < -0.39 is 0 Å². The number of urea groups is 1. The fourth-order valence-corrected chi connectivity index (χ4v) is 3.44. The number of aromatic nitrogens is 3. The maximum absolute atomic E-state index is 11.6. The Hall–Kier alpha value is -2.76. The Kier molecular flexibility index (Phi) is 3.72. The van der Waals surface area contributed by atoms with Crippen LogP contribution in [0, 0.1) is 0 Å². The van der Waals surface area contributed by atoms with Crippen LogP contribution < -0.4 is 10.6 Å². The van der Waals surface area contributed by atoms with Gasteiger partial charge in [0.15, 0.2) is 0 Å². The summed E-state index contributed by atoms with van der Waals surface area (Å²) in [6.07, 6.45) is 10.9. The van der Waals surface area contributed by atoms with Gasteiger partial charge in [0.25, 0.3) is 0 Å². The van der Waals surface area contributed by atoms with Crippen LogP contribution >= 0.6 is 0 Å². The number of nitrogens with one attached hydrogen (secondary N) is 3. The van der Waals surface area contributed by atoms with Crippen molar-refractivity contribution in [2.45, 2.75) is 31.7 Å². The van der Waals surface area contributed by atoms with Crippen LogP contribution in [0.3, 0.4) is 0 Å². The largest absolute Gasteiger partial charge is 0.359 e. The molecule has 0 atom stereocenters. The Bertz CT molecular complexity index is 873. The van der Waals surface area contributed by atoms with Gasteiger partial charge in [-0.1, -0.05) is 18.9 Å². The number of hydrogen-bond donors (Lipinski definition) is 3. The molecular weight excluding hydrogens is 302 g/mol. The summed E-state index contributed by atoms with van der Waals surface area (Å²) in [6.45, 7) is 0. The van der Waals surface area contributed by atoms with Crippen molar-refractivity contribution in [1.29, 1.82) is 0 Å². The van der Waals surface area contributed by atoms with Crippen molar-refractivity contribution in [2.75, 3.05) is 12.4 Å². The Morgan fingerprint density at radius 3 is 2.92 bits per heavy atom. The van der Waals surface area contributed by atoms with Crippen molar-refractivity contribution in [3.05, 3.63) is 36.8 Å². The SMILES string of the molecule is CNC(=O)Nc1c[nH]c2ccc(-c3cnn(C4CCCC4)c3)cc12. The minimum atomic E-state index is -0.227. The standard InChI is InChI=1S/C18H21N5O/c1-19-18(24)22-17-10-20-16-7-6-12(8-15(16)17)13-9-21-23(11-13)14-4-2-3-5-14/h6-11,14,20H,2-5H2,1H3,(H2,19,22,24). The van der Waals surface area contributed by atoms with Gasteiger partial charge < -0.3 is 15.6 Å². The first-order chi connectivity index (χ1) is 11.7. The van der Waals surface area contributed by atoms with Crippen LogP contribution in [0.4, 0.5) is 10.5 Å². The summed E-state index contributed by atoms with van der Waals surface area (Å²) in [5, 5.41) is 11.0. The lowest BCUT2D eigenvalue weighted by Crippen LogP contribution is -2.24. The number of nitrogens with zero attached hydrogens (tertiary/aromatic N) is 2. The molecule has 0 unspecified atom stereocenters. The first-order valence-corrected chi connectivity index (χ1v) is 8.39. The first kappa shape index (κ1) is 14.8. The van der Waals surface area contributed by atoms with Crippen LogP contribution in [0.25, 0.3) is 22.0 Å². The van der Waals surface area contributed by atoms with Gasteiger partial charge in [0.05, 0.1) is 17.9 Å². The van der Waals surface area contributed by atoms with Gasteiger partial charge in [-0.15, -0.1) is 0 Å². The summed E-state index contributed by atoms with van der Waals surface area (Å²) in [4.78, 5) is 14.8. The van der Waals surface area contributed by atoms with Gasteiger partial charge >= 0.3 is 6.03 Å². The first-order valence-electron chi connectivity index (χ1n) is 8.39. The third-order valence-corrected chi connectivity index (χ3v) is 4.79. The minimum absolute atomic E-state index is 0.227. The van der Waals surface area contributed by atoms with E-state index in [0.29, 0.717) is 6.04 Å². The summed E-state index contributed by atoms with van der Waals surface area (Å²) in [6, 6.07) is 6.52. The maximum Gasteiger partial charge on any atom is 0.319 e. The number of H-pyrrole nitrogens is 1. The van der Waals surface area contributed by atoms with Crippen LogP contribution in [0.2, 0.25) is 0 Å². The highest BCUT2D eigenvalue weighted by molar-refractivity contribution is 6.02. The van der Waals surface area contributed by atoms with Gasteiger partial charge in [0, 0.05) is 35.9 Å². The zero-order valence-electron chi connectivity index (χ0n) is 13.7. The molecule has 124 valence electrons. The molecule has 24 heavy (non-hydrogen) atoms. The molecule has 0 spiro atoms. The predicted molar refractivity (Wildman–Crippen MR) is 95.1 cm³/mol. The number of hydrogen-bond acceptors (Lipinski definition) is 2. The summed E-state index contributed by atoms with van der Waals surface area (Å²) < 4.78 is 2.10. The molecule has 0 radical (unpaired) electrons. The molecule has 3 aromatic rings. The number of carbonyl (C=O) groups is 1. The average Bonchev–Trinajstić information content (AvgIpc) is 3.34. The third-order valence-electron chi connectivity index (χ3n) is 4.79. The van der Waals surface area contributed by atoms with Crippen LogP contribution in [-0.2, 0) is 0 Å². The van der Waals surface area contributed by atoms with Crippen molar-refractivity contribution in [3.8, 4) is 11.1 Å². The Morgan fingerprint density at radius 1 is 1.29 bits per heavy atom. The van der Waals surface area contributed by atoms with E-state index in [1.54, 1.807) is 7.05 Å². The molecule has 2 amide bonds. The van der Waals surface area contributed by atoms with E-state index in [1.165, 1.54) is 25.7 Å². The molecular formula is C18H21N5O. The highest BCUT2D eigenvalue weighted by atomic mass is 16.2. The monoisotopic (exact) mass is 323 g/mol. The van der Waals surface area contributed by atoms with E-state index >= 15 is 0 Å². The van der Waals surface area contributed by atoms with Crippen molar-refractivity contribution >= 4 is 22.6 Å². The Labute approximate surface area is 140 Å². The van der Waals surface area contributed by atoms with Crippen LogP contribution in [0.5, 0.6) is 0 Å². The fourth-order valence-electron chi connectivity index (χ4n) is 3.44. The van der Waals surface area contributed by atoms with Crippen molar-refractivity contribution < 1.29 is 4.79 Å². The molecule has 6 nitrogen and oxygen atoms in total. The molecule has 1 aliphatic carbocycles. The fraction of sp³-hybridized carbons (Fsp3) is 0.333. The van der Waals surface area contributed by atoms with E-state index in [9.17, 15) is 4.79 Å². The van der Waals surface area contributed by atoms with Gasteiger partial charge in [-0.25, -0.2) is 4.79 Å². The van der Waals surface area contributed by atoms with E-state index in [-0.39, 0.29) is 6.03 Å². The zero-order chi connectivity index (χ0) is 16.5. The Morgan fingerprint density at radius 2 is 2.12 bits per heavy atom. The zero-order valence-corrected chi connectivity index (χ0v) is 13.7. The van der Waals surface area contributed by atoms with Gasteiger partial charge in [0.1, 0.15) is 0 Å². The molecule has 1 saturated carbocycles. The molecule has 6 heteroatoms. The minimum Gasteiger partial charge on any atom is -0.359 e. The lowest BCUT2D eigenvalue weighted by atomic mass is 10.1. The van der Waals surface area contributed by atoms with Gasteiger partial charge in [-0.3, -0.25) is 4.68 Å².